The van der Waals surface area contributed by atoms with Crippen LogP contribution in [-0.4, -0.2) is 46.2 Å². The van der Waals surface area contributed by atoms with Gasteiger partial charge in [-0.2, -0.15) is 0 Å². The largest absolute Gasteiger partial charge is 0.504 e. The third kappa shape index (κ3) is 2.88. The van der Waals surface area contributed by atoms with Gasteiger partial charge in [0.05, 0.1) is 0 Å². The van der Waals surface area contributed by atoms with Crippen LogP contribution in [0.2, 0.25) is 0 Å². The van der Waals surface area contributed by atoms with Crippen LogP contribution in [0, 0.1) is 0 Å². The van der Waals surface area contributed by atoms with Gasteiger partial charge in [-0.25, -0.2) is 0 Å². The highest BCUT2D eigenvalue weighted by atomic mass is 16.3. The molecule has 3 N–H and O–H groups in total. The minimum Gasteiger partial charge on any atom is -0.504 e. The van der Waals surface area contributed by atoms with Crippen molar-refractivity contribution in [2.75, 3.05) is 13.1 Å². The van der Waals surface area contributed by atoms with Crippen molar-refractivity contribution in [1.29, 1.82) is 0 Å². The second kappa shape index (κ2) is 6.13. The quantitative estimate of drug-likeness (QED) is 0.736. The minimum atomic E-state index is -0.258. The molecule has 5 nitrogen and oxygen atoms in total. The standard InChI is InChI=1S/C15H22N2O3/c1-3-11-9-17(12(4-2)8-16-11)15(20)10-5-6-13(18)14(19)7-10/h5-7,11-12,16,18-19H,3-4,8-9H2,1-2H3. The van der Waals surface area contributed by atoms with Gasteiger partial charge >= 0.3 is 0 Å². The van der Waals surface area contributed by atoms with Crippen molar-refractivity contribution in [3.63, 3.8) is 0 Å². The molecule has 0 radical (unpaired) electrons. The van der Waals surface area contributed by atoms with Crippen molar-refractivity contribution in [2.45, 2.75) is 38.8 Å². The Morgan fingerprint density at radius 3 is 2.65 bits per heavy atom. The molecule has 0 aliphatic carbocycles. The van der Waals surface area contributed by atoms with Gasteiger partial charge in [0.25, 0.3) is 5.91 Å². The lowest BCUT2D eigenvalue weighted by Crippen LogP contribution is -2.57. The molecule has 1 aromatic rings. The molecule has 1 amide bonds. The monoisotopic (exact) mass is 278 g/mol. The molecule has 0 saturated carbocycles. The van der Waals surface area contributed by atoms with Crippen LogP contribution < -0.4 is 5.32 Å². The first-order chi connectivity index (χ1) is 9.56. The summed E-state index contributed by atoms with van der Waals surface area (Å²) in [5, 5.41) is 22.3. The number of aromatic hydroxyl groups is 2. The molecular formula is C15H22N2O3. The molecule has 1 saturated heterocycles. The number of piperazine rings is 1. The lowest BCUT2D eigenvalue weighted by Gasteiger charge is -2.40. The first kappa shape index (κ1) is 14.7. The molecule has 2 rings (SSSR count). The van der Waals surface area contributed by atoms with Crippen molar-refractivity contribution in [3.8, 4) is 11.5 Å². The number of rotatable bonds is 3. The summed E-state index contributed by atoms with van der Waals surface area (Å²) in [6.45, 7) is 5.63. The van der Waals surface area contributed by atoms with Crippen molar-refractivity contribution in [2.24, 2.45) is 0 Å². The Labute approximate surface area is 119 Å². The minimum absolute atomic E-state index is 0.0906. The summed E-state index contributed by atoms with van der Waals surface area (Å²) in [6.07, 6.45) is 1.86. The van der Waals surface area contributed by atoms with Crippen LogP contribution in [0.3, 0.4) is 0 Å². The third-order valence-electron chi connectivity index (χ3n) is 3.95. The zero-order valence-corrected chi connectivity index (χ0v) is 12.0. The average molecular weight is 278 g/mol. The second-order valence-corrected chi connectivity index (χ2v) is 5.24. The fourth-order valence-electron chi connectivity index (χ4n) is 2.57. The molecule has 5 heteroatoms. The van der Waals surface area contributed by atoms with Crippen molar-refractivity contribution < 1.29 is 15.0 Å². The number of nitrogens with zero attached hydrogens (tertiary/aromatic N) is 1. The van der Waals surface area contributed by atoms with E-state index in [0.29, 0.717) is 18.2 Å². The molecule has 2 atom stereocenters. The first-order valence-corrected chi connectivity index (χ1v) is 7.13. The smallest absolute Gasteiger partial charge is 0.254 e. The van der Waals surface area contributed by atoms with Crippen LogP contribution >= 0.6 is 0 Å². The normalized spacial score (nSPS) is 22.8. The maximum absolute atomic E-state index is 12.6. The predicted octanol–water partition coefficient (Wildman–Crippen LogP) is 1.70. The van der Waals surface area contributed by atoms with E-state index in [9.17, 15) is 15.0 Å². The number of hydrogen-bond donors (Lipinski definition) is 3. The van der Waals surface area contributed by atoms with Gasteiger partial charge in [-0.3, -0.25) is 4.79 Å². The fraction of sp³-hybridized carbons (Fsp3) is 0.533. The topological polar surface area (TPSA) is 72.8 Å². The molecule has 1 heterocycles. The maximum atomic E-state index is 12.6. The Hall–Kier alpha value is -1.75. The summed E-state index contributed by atoms with van der Waals surface area (Å²) in [5.41, 5.74) is 0.413. The summed E-state index contributed by atoms with van der Waals surface area (Å²) >= 11 is 0. The van der Waals surface area contributed by atoms with E-state index >= 15 is 0 Å². The predicted molar refractivity (Wildman–Crippen MR) is 77.0 cm³/mol. The number of nitrogens with one attached hydrogen (secondary N) is 1. The van der Waals surface area contributed by atoms with E-state index in [1.54, 1.807) is 6.07 Å². The number of carbonyl (C=O) groups is 1. The van der Waals surface area contributed by atoms with E-state index in [0.717, 1.165) is 19.4 Å². The van der Waals surface area contributed by atoms with Gasteiger partial charge in [0.15, 0.2) is 11.5 Å². The number of carbonyl (C=O) groups excluding carboxylic acids is 1. The Bertz CT molecular complexity index is 490. The van der Waals surface area contributed by atoms with E-state index in [-0.39, 0.29) is 23.4 Å². The summed E-state index contributed by atoms with van der Waals surface area (Å²) in [4.78, 5) is 14.5. The highest BCUT2D eigenvalue weighted by Crippen LogP contribution is 2.26. The van der Waals surface area contributed by atoms with Crippen molar-refractivity contribution >= 4 is 5.91 Å². The maximum Gasteiger partial charge on any atom is 0.254 e. The van der Waals surface area contributed by atoms with Gasteiger partial charge in [-0.05, 0) is 31.0 Å². The molecular weight excluding hydrogens is 256 g/mol. The van der Waals surface area contributed by atoms with E-state index in [1.807, 2.05) is 4.90 Å². The molecule has 1 fully saturated rings. The molecule has 2 unspecified atom stereocenters. The molecule has 0 aromatic heterocycles. The van der Waals surface area contributed by atoms with Gasteiger partial charge in [-0.1, -0.05) is 13.8 Å². The Balaban J connectivity index is 2.22. The Morgan fingerprint density at radius 2 is 2.05 bits per heavy atom. The molecule has 1 aliphatic rings. The number of phenols is 2. The number of phenolic OH excluding ortho intramolecular Hbond substituents is 2. The van der Waals surface area contributed by atoms with Gasteiger partial charge < -0.3 is 20.4 Å². The molecule has 110 valence electrons. The number of benzene rings is 1. The zero-order valence-electron chi connectivity index (χ0n) is 12.0. The third-order valence-corrected chi connectivity index (χ3v) is 3.95. The highest BCUT2D eigenvalue weighted by molar-refractivity contribution is 5.95. The highest BCUT2D eigenvalue weighted by Gasteiger charge is 2.30. The molecule has 20 heavy (non-hydrogen) atoms. The summed E-state index contributed by atoms with van der Waals surface area (Å²) in [6, 6.07) is 4.71. The van der Waals surface area contributed by atoms with Crippen LogP contribution in [0.5, 0.6) is 11.5 Å². The average Bonchev–Trinajstić information content (AvgIpc) is 2.48. The van der Waals surface area contributed by atoms with E-state index < -0.39 is 0 Å². The fourth-order valence-corrected chi connectivity index (χ4v) is 2.57. The summed E-state index contributed by atoms with van der Waals surface area (Å²) in [5.74, 6) is -0.557. The molecule has 0 bridgehead atoms. The molecule has 0 spiro atoms. The second-order valence-electron chi connectivity index (χ2n) is 5.24. The lowest BCUT2D eigenvalue weighted by molar-refractivity contribution is 0.0575. The van der Waals surface area contributed by atoms with E-state index in [2.05, 4.69) is 19.2 Å². The van der Waals surface area contributed by atoms with Crippen molar-refractivity contribution in [1.82, 2.24) is 10.2 Å². The molecule has 1 aliphatic heterocycles. The van der Waals surface area contributed by atoms with Crippen LogP contribution in [0.4, 0.5) is 0 Å². The van der Waals surface area contributed by atoms with Crippen LogP contribution in [-0.2, 0) is 0 Å². The molecule has 1 aromatic carbocycles. The van der Waals surface area contributed by atoms with Crippen LogP contribution in [0.1, 0.15) is 37.0 Å². The Morgan fingerprint density at radius 1 is 1.30 bits per heavy atom. The van der Waals surface area contributed by atoms with Crippen LogP contribution in [0.25, 0.3) is 0 Å². The van der Waals surface area contributed by atoms with Crippen molar-refractivity contribution in [3.05, 3.63) is 23.8 Å². The Kier molecular flexibility index (Phi) is 4.49. The number of hydrogen-bond acceptors (Lipinski definition) is 4. The van der Waals surface area contributed by atoms with Gasteiger partial charge in [-0.15, -0.1) is 0 Å². The summed E-state index contributed by atoms with van der Waals surface area (Å²) in [7, 11) is 0. The zero-order chi connectivity index (χ0) is 14.7. The van der Waals surface area contributed by atoms with Crippen LogP contribution in [0.15, 0.2) is 18.2 Å². The first-order valence-electron chi connectivity index (χ1n) is 7.13. The SMILES string of the molecule is CCC1CN(C(=O)c2ccc(O)c(O)c2)C(CC)CN1. The van der Waals surface area contributed by atoms with Gasteiger partial charge in [0.2, 0.25) is 0 Å². The van der Waals surface area contributed by atoms with Gasteiger partial charge in [0, 0.05) is 30.7 Å². The summed E-state index contributed by atoms with van der Waals surface area (Å²) < 4.78 is 0. The van der Waals surface area contributed by atoms with Gasteiger partial charge in [0.1, 0.15) is 0 Å². The lowest BCUT2D eigenvalue weighted by atomic mass is 10.0. The van der Waals surface area contributed by atoms with E-state index in [4.69, 9.17) is 0 Å². The number of amides is 1. The van der Waals surface area contributed by atoms with E-state index in [1.165, 1.54) is 12.1 Å².